The highest BCUT2D eigenvalue weighted by molar-refractivity contribution is 7.99. The number of hydrogen-bond donors (Lipinski definition) is 1. The number of carbonyl (C=O) groups excluding carboxylic acids is 1. The maximum absolute atomic E-state index is 12.7. The molecular formula is C20H28N2O2S. The molecule has 2 unspecified atom stereocenters. The van der Waals surface area contributed by atoms with Crippen molar-refractivity contribution in [2.24, 2.45) is 5.92 Å². The van der Waals surface area contributed by atoms with Crippen LogP contribution in [0.15, 0.2) is 29.2 Å². The second kappa shape index (κ2) is 8.11. The first-order valence-electron chi connectivity index (χ1n) is 9.65. The fourth-order valence-electron chi connectivity index (χ4n) is 3.87. The Labute approximate surface area is 154 Å². The van der Waals surface area contributed by atoms with Crippen molar-refractivity contribution >= 4 is 17.7 Å². The fraction of sp³-hybridized carbons (Fsp3) is 0.650. The van der Waals surface area contributed by atoms with Gasteiger partial charge in [-0.25, -0.2) is 0 Å². The first-order chi connectivity index (χ1) is 12.3. The lowest BCUT2D eigenvalue weighted by Crippen LogP contribution is -2.31. The van der Waals surface area contributed by atoms with Crippen molar-refractivity contribution in [3.05, 3.63) is 29.8 Å². The molecule has 1 aromatic carbocycles. The summed E-state index contributed by atoms with van der Waals surface area (Å²) in [5.74, 6) is 1.61. The molecule has 1 aliphatic carbocycles. The number of carbonyl (C=O) groups is 1. The Morgan fingerprint density at radius 1 is 1.24 bits per heavy atom. The molecule has 5 heteroatoms. The standard InChI is InChI=1S/C20H28N2O2S/c23-20(21-12-15-9-10-22(13-15)16-7-8-16)18-5-1-2-6-19(18)25-14-17-4-3-11-24-17/h1-2,5-6,15-17H,3-4,7-14H2,(H,21,23). The van der Waals surface area contributed by atoms with Crippen molar-refractivity contribution in [1.29, 1.82) is 0 Å². The van der Waals surface area contributed by atoms with Crippen LogP contribution in [0.1, 0.15) is 42.5 Å². The number of benzene rings is 1. The van der Waals surface area contributed by atoms with Crippen molar-refractivity contribution in [2.75, 3.05) is 32.0 Å². The average molecular weight is 361 g/mol. The van der Waals surface area contributed by atoms with E-state index in [2.05, 4.69) is 16.3 Å². The molecule has 2 heterocycles. The third kappa shape index (κ3) is 4.57. The normalized spacial score (nSPS) is 26.9. The van der Waals surface area contributed by atoms with Crippen LogP contribution in [-0.4, -0.2) is 54.9 Å². The zero-order chi connectivity index (χ0) is 17.1. The molecule has 1 saturated carbocycles. The highest BCUT2D eigenvalue weighted by Crippen LogP contribution is 2.31. The number of hydrogen-bond acceptors (Lipinski definition) is 4. The lowest BCUT2D eigenvalue weighted by molar-refractivity contribution is 0.0944. The van der Waals surface area contributed by atoms with Crippen LogP contribution in [0.2, 0.25) is 0 Å². The van der Waals surface area contributed by atoms with Crippen LogP contribution >= 0.6 is 11.8 Å². The van der Waals surface area contributed by atoms with E-state index in [0.717, 1.165) is 54.8 Å². The highest BCUT2D eigenvalue weighted by Gasteiger charge is 2.34. The van der Waals surface area contributed by atoms with Crippen LogP contribution in [-0.2, 0) is 4.74 Å². The Balaban J connectivity index is 1.28. The van der Waals surface area contributed by atoms with E-state index in [1.54, 1.807) is 11.8 Å². The lowest BCUT2D eigenvalue weighted by atomic mass is 10.1. The summed E-state index contributed by atoms with van der Waals surface area (Å²) in [4.78, 5) is 16.3. The molecule has 3 fully saturated rings. The van der Waals surface area contributed by atoms with Gasteiger partial charge in [0.1, 0.15) is 0 Å². The van der Waals surface area contributed by atoms with Gasteiger partial charge in [0.25, 0.3) is 5.91 Å². The van der Waals surface area contributed by atoms with E-state index in [4.69, 9.17) is 4.74 Å². The van der Waals surface area contributed by atoms with Crippen LogP contribution in [0.3, 0.4) is 0 Å². The zero-order valence-electron chi connectivity index (χ0n) is 14.8. The van der Waals surface area contributed by atoms with E-state index in [9.17, 15) is 4.79 Å². The summed E-state index contributed by atoms with van der Waals surface area (Å²) in [7, 11) is 0. The van der Waals surface area contributed by atoms with Gasteiger partial charge in [-0.1, -0.05) is 12.1 Å². The molecule has 0 spiro atoms. The van der Waals surface area contributed by atoms with Crippen molar-refractivity contribution in [1.82, 2.24) is 10.2 Å². The molecule has 25 heavy (non-hydrogen) atoms. The Kier molecular flexibility index (Phi) is 5.63. The van der Waals surface area contributed by atoms with E-state index < -0.39 is 0 Å². The number of nitrogens with one attached hydrogen (secondary N) is 1. The summed E-state index contributed by atoms with van der Waals surface area (Å²) in [6.07, 6.45) is 6.59. The predicted molar refractivity (Wildman–Crippen MR) is 101 cm³/mol. The largest absolute Gasteiger partial charge is 0.377 e. The molecule has 4 rings (SSSR count). The molecule has 1 aromatic rings. The Morgan fingerprint density at radius 3 is 2.92 bits per heavy atom. The van der Waals surface area contributed by atoms with Crippen molar-refractivity contribution in [2.45, 2.75) is 49.1 Å². The minimum Gasteiger partial charge on any atom is -0.377 e. The number of nitrogens with zero attached hydrogens (tertiary/aromatic N) is 1. The van der Waals surface area contributed by atoms with Gasteiger partial charge in [0.2, 0.25) is 0 Å². The molecular weight excluding hydrogens is 332 g/mol. The molecule has 3 aliphatic rings. The first kappa shape index (κ1) is 17.4. The number of likely N-dealkylation sites (tertiary alicyclic amines) is 1. The number of rotatable bonds is 7. The third-order valence-corrected chi connectivity index (χ3v) is 6.72. The molecule has 1 amide bonds. The predicted octanol–water partition coefficient (Wildman–Crippen LogP) is 3.17. The van der Waals surface area contributed by atoms with Crippen LogP contribution in [0.5, 0.6) is 0 Å². The minimum atomic E-state index is 0.0697. The molecule has 0 aromatic heterocycles. The molecule has 2 atom stereocenters. The molecule has 4 nitrogen and oxygen atoms in total. The SMILES string of the molecule is O=C(NCC1CCN(C2CC2)C1)c1ccccc1SCC1CCCO1. The van der Waals surface area contributed by atoms with Crippen molar-refractivity contribution in [3.8, 4) is 0 Å². The van der Waals surface area contributed by atoms with E-state index >= 15 is 0 Å². The summed E-state index contributed by atoms with van der Waals surface area (Å²) >= 11 is 1.75. The van der Waals surface area contributed by atoms with Gasteiger partial charge < -0.3 is 15.0 Å². The molecule has 136 valence electrons. The van der Waals surface area contributed by atoms with Gasteiger partial charge in [-0.2, -0.15) is 0 Å². The summed E-state index contributed by atoms with van der Waals surface area (Å²) in [5.41, 5.74) is 0.808. The van der Waals surface area contributed by atoms with E-state index in [0.29, 0.717) is 12.0 Å². The quantitative estimate of drug-likeness (QED) is 0.759. The second-order valence-corrected chi connectivity index (χ2v) is 8.59. The maximum atomic E-state index is 12.7. The van der Waals surface area contributed by atoms with Crippen LogP contribution in [0, 0.1) is 5.92 Å². The average Bonchev–Trinajstić information content (AvgIpc) is 3.16. The molecule has 1 N–H and O–H groups in total. The number of ether oxygens (including phenoxy) is 1. The van der Waals surface area contributed by atoms with Gasteiger partial charge in [-0.15, -0.1) is 11.8 Å². The van der Waals surface area contributed by atoms with E-state index in [1.165, 1.54) is 25.8 Å². The smallest absolute Gasteiger partial charge is 0.252 e. The van der Waals surface area contributed by atoms with Gasteiger partial charge in [-0.05, 0) is 56.7 Å². The van der Waals surface area contributed by atoms with Gasteiger partial charge >= 0.3 is 0 Å². The lowest BCUT2D eigenvalue weighted by Gasteiger charge is -2.16. The third-order valence-electron chi connectivity index (χ3n) is 5.51. The minimum absolute atomic E-state index is 0.0697. The van der Waals surface area contributed by atoms with Crippen molar-refractivity contribution < 1.29 is 9.53 Å². The summed E-state index contributed by atoms with van der Waals surface area (Å²) in [6, 6.07) is 8.81. The number of amides is 1. The monoisotopic (exact) mass is 360 g/mol. The van der Waals surface area contributed by atoms with Gasteiger partial charge in [0.05, 0.1) is 11.7 Å². The zero-order valence-corrected chi connectivity index (χ0v) is 15.6. The second-order valence-electron chi connectivity index (χ2n) is 7.53. The summed E-state index contributed by atoms with van der Waals surface area (Å²) < 4.78 is 5.70. The molecule has 2 aliphatic heterocycles. The van der Waals surface area contributed by atoms with E-state index in [1.807, 2.05) is 18.2 Å². The topological polar surface area (TPSA) is 41.6 Å². The van der Waals surface area contributed by atoms with Crippen LogP contribution in [0.4, 0.5) is 0 Å². The van der Waals surface area contributed by atoms with E-state index in [-0.39, 0.29) is 5.91 Å². The summed E-state index contributed by atoms with van der Waals surface area (Å²) in [6.45, 7) is 4.04. The molecule has 0 radical (unpaired) electrons. The van der Waals surface area contributed by atoms with Crippen molar-refractivity contribution in [3.63, 3.8) is 0 Å². The number of thioether (sulfide) groups is 1. The highest BCUT2D eigenvalue weighted by atomic mass is 32.2. The fourth-order valence-corrected chi connectivity index (χ4v) is 4.99. The Hall–Kier alpha value is -1.04. The van der Waals surface area contributed by atoms with Crippen LogP contribution in [0.25, 0.3) is 0 Å². The molecule has 0 bridgehead atoms. The van der Waals surface area contributed by atoms with Gasteiger partial charge in [0, 0.05) is 36.4 Å². The Bertz CT molecular complexity index is 599. The summed E-state index contributed by atoms with van der Waals surface area (Å²) in [5, 5.41) is 3.18. The van der Waals surface area contributed by atoms with Gasteiger partial charge in [0.15, 0.2) is 0 Å². The first-order valence-corrected chi connectivity index (χ1v) is 10.6. The maximum Gasteiger partial charge on any atom is 0.252 e. The van der Waals surface area contributed by atoms with Gasteiger partial charge in [-0.3, -0.25) is 4.79 Å². The Morgan fingerprint density at radius 2 is 2.12 bits per heavy atom. The molecule has 2 saturated heterocycles. The van der Waals surface area contributed by atoms with Crippen LogP contribution < -0.4 is 5.32 Å².